The van der Waals surface area contributed by atoms with E-state index in [0.717, 1.165) is 17.4 Å². The monoisotopic (exact) mass is 352 g/mol. The highest BCUT2D eigenvalue weighted by Gasteiger charge is 2.21. The van der Waals surface area contributed by atoms with Gasteiger partial charge in [-0.2, -0.15) is 0 Å². The average molecular weight is 353 g/mol. The van der Waals surface area contributed by atoms with E-state index in [-0.39, 0.29) is 24.9 Å². The van der Waals surface area contributed by atoms with E-state index in [1.54, 1.807) is 0 Å². The summed E-state index contributed by atoms with van der Waals surface area (Å²) < 4.78 is 26.7. The van der Waals surface area contributed by atoms with Gasteiger partial charge in [-0.15, -0.1) is 11.3 Å². The summed E-state index contributed by atoms with van der Waals surface area (Å²) in [4.78, 5) is 9.85. The summed E-state index contributed by atoms with van der Waals surface area (Å²) in [6.45, 7) is 0. The highest BCUT2D eigenvalue weighted by Crippen LogP contribution is 2.35. The molecule has 1 N–H and O–H groups in total. The van der Waals surface area contributed by atoms with Gasteiger partial charge in [0.05, 0.1) is 14.9 Å². The van der Waals surface area contributed by atoms with E-state index < -0.39 is 14.9 Å². The molecule has 0 aliphatic carbocycles. The van der Waals surface area contributed by atoms with Gasteiger partial charge in [0.25, 0.3) is 15.7 Å². The maximum Gasteiger partial charge on any atom is 0.271 e. The highest BCUT2D eigenvalue weighted by atomic mass is 35.5. The summed E-state index contributed by atoms with van der Waals surface area (Å²) >= 11 is 12.4. The number of thiophene rings is 1. The van der Waals surface area contributed by atoms with Crippen molar-refractivity contribution in [1.29, 1.82) is 0 Å². The van der Waals surface area contributed by atoms with E-state index in [1.807, 2.05) is 0 Å². The molecule has 2 rings (SSSR count). The Morgan fingerprint density at radius 1 is 1.25 bits per heavy atom. The highest BCUT2D eigenvalue weighted by molar-refractivity contribution is 7.93. The number of nitrogens with zero attached hydrogens (tertiary/aromatic N) is 1. The second-order valence-electron chi connectivity index (χ2n) is 3.60. The number of nitro benzene ring substituents is 1. The fraction of sp³-hybridized carbons (Fsp3) is 0. The van der Waals surface area contributed by atoms with Crippen LogP contribution in [0.25, 0.3) is 0 Å². The van der Waals surface area contributed by atoms with Gasteiger partial charge in [0.1, 0.15) is 9.23 Å². The maximum atomic E-state index is 12.1. The lowest BCUT2D eigenvalue weighted by atomic mass is 10.3. The molecule has 1 aromatic carbocycles. The molecule has 0 aliphatic heterocycles. The number of sulfonamides is 1. The summed E-state index contributed by atoms with van der Waals surface area (Å²) in [5.74, 6) is 0. The van der Waals surface area contributed by atoms with Crippen LogP contribution in [0, 0.1) is 10.1 Å². The molecule has 0 unspecified atom stereocenters. The topological polar surface area (TPSA) is 89.3 Å². The van der Waals surface area contributed by atoms with Crippen molar-refractivity contribution in [3.63, 3.8) is 0 Å². The minimum Gasteiger partial charge on any atom is -0.279 e. The first-order chi connectivity index (χ1) is 9.29. The summed E-state index contributed by atoms with van der Waals surface area (Å²) in [7, 11) is -3.94. The molecule has 0 fully saturated rings. The Morgan fingerprint density at radius 3 is 2.50 bits per heavy atom. The Hall–Kier alpha value is -1.35. The normalized spacial score (nSPS) is 11.3. The van der Waals surface area contributed by atoms with Crippen LogP contribution in [0.15, 0.2) is 35.2 Å². The van der Waals surface area contributed by atoms with Crippen LogP contribution >= 0.6 is 34.5 Å². The van der Waals surface area contributed by atoms with E-state index in [4.69, 9.17) is 23.2 Å². The molecule has 0 amide bonds. The van der Waals surface area contributed by atoms with Gasteiger partial charge in [0, 0.05) is 12.1 Å². The van der Waals surface area contributed by atoms with E-state index in [0.29, 0.717) is 0 Å². The lowest BCUT2D eigenvalue weighted by Gasteiger charge is -2.06. The number of non-ortho nitro benzene ring substituents is 1. The van der Waals surface area contributed by atoms with Crippen LogP contribution in [0.2, 0.25) is 8.67 Å². The number of nitro groups is 1. The Labute approximate surface area is 128 Å². The lowest BCUT2D eigenvalue weighted by molar-refractivity contribution is -0.384. The molecular formula is C10H6Cl2N2O4S2. The summed E-state index contributed by atoms with van der Waals surface area (Å²) in [5.41, 5.74) is -0.155. The third-order valence-electron chi connectivity index (χ3n) is 2.22. The zero-order valence-electron chi connectivity index (χ0n) is 9.54. The number of hydrogen-bond donors (Lipinski definition) is 1. The van der Waals surface area contributed by atoms with Crippen LogP contribution in [0.1, 0.15) is 0 Å². The van der Waals surface area contributed by atoms with Crippen molar-refractivity contribution in [2.75, 3.05) is 4.72 Å². The third-order valence-corrected chi connectivity index (χ3v) is 5.36. The Balaban J connectivity index is 2.36. The van der Waals surface area contributed by atoms with Crippen LogP contribution in [0.5, 0.6) is 0 Å². The van der Waals surface area contributed by atoms with Gasteiger partial charge in [0.15, 0.2) is 0 Å². The van der Waals surface area contributed by atoms with Crippen LogP contribution < -0.4 is 4.72 Å². The number of rotatable bonds is 4. The Bertz CT molecular complexity index is 773. The molecule has 0 atom stereocenters. The van der Waals surface area contributed by atoms with Crippen molar-refractivity contribution in [3.8, 4) is 0 Å². The fourth-order valence-electron chi connectivity index (χ4n) is 1.40. The van der Waals surface area contributed by atoms with Crippen molar-refractivity contribution < 1.29 is 13.3 Å². The van der Waals surface area contributed by atoms with Crippen molar-refractivity contribution in [3.05, 3.63) is 49.1 Å². The first-order valence-corrected chi connectivity index (χ1v) is 8.07. The summed E-state index contributed by atoms with van der Waals surface area (Å²) in [6.07, 6.45) is 0. The number of nitrogens with one attached hydrogen (secondary N) is 1. The molecule has 6 nitrogen and oxygen atoms in total. The fourth-order valence-corrected chi connectivity index (χ4v) is 4.60. The van der Waals surface area contributed by atoms with Gasteiger partial charge in [-0.25, -0.2) is 8.42 Å². The van der Waals surface area contributed by atoms with Gasteiger partial charge in [0.2, 0.25) is 0 Å². The zero-order valence-corrected chi connectivity index (χ0v) is 12.7. The van der Waals surface area contributed by atoms with Gasteiger partial charge in [-0.1, -0.05) is 29.3 Å². The minimum atomic E-state index is -3.94. The minimum absolute atomic E-state index is 0.0212. The molecule has 20 heavy (non-hydrogen) atoms. The Morgan fingerprint density at radius 2 is 1.95 bits per heavy atom. The average Bonchev–Trinajstić information content (AvgIpc) is 2.69. The van der Waals surface area contributed by atoms with E-state index in [1.165, 1.54) is 24.3 Å². The zero-order chi connectivity index (χ0) is 14.9. The predicted octanol–water partition coefficient (Wildman–Crippen LogP) is 3.76. The molecular weight excluding hydrogens is 347 g/mol. The lowest BCUT2D eigenvalue weighted by Crippen LogP contribution is -2.12. The molecule has 0 aliphatic rings. The molecule has 10 heteroatoms. The van der Waals surface area contributed by atoms with Crippen molar-refractivity contribution in [2.24, 2.45) is 0 Å². The largest absolute Gasteiger partial charge is 0.279 e. The number of benzene rings is 1. The van der Waals surface area contributed by atoms with Gasteiger partial charge in [-0.3, -0.25) is 14.8 Å². The number of hydrogen-bond acceptors (Lipinski definition) is 5. The SMILES string of the molecule is O=[N+]([O-])c1cccc(NS(=O)(=O)c2cc(Cl)sc2Cl)c1. The molecule has 0 bridgehead atoms. The van der Waals surface area contributed by atoms with Crippen LogP contribution in [-0.4, -0.2) is 13.3 Å². The molecule has 106 valence electrons. The van der Waals surface area contributed by atoms with Gasteiger partial charge < -0.3 is 0 Å². The first-order valence-electron chi connectivity index (χ1n) is 5.02. The van der Waals surface area contributed by atoms with Crippen LogP contribution in [-0.2, 0) is 10.0 Å². The molecule has 0 spiro atoms. The van der Waals surface area contributed by atoms with Crippen molar-refractivity contribution in [1.82, 2.24) is 0 Å². The second-order valence-corrected chi connectivity index (χ2v) is 7.54. The molecule has 0 saturated heterocycles. The molecule has 1 heterocycles. The molecule has 0 radical (unpaired) electrons. The summed E-state index contributed by atoms with van der Waals surface area (Å²) in [5, 5.41) is 10.6. The van der Waals surface area contributed by atoms with E-state index >= 15 is 0 Å². The van der Waals surface area contributed by atoms with Gasteiger partial charge >= 0.3 is 0 Å². The second kappa shape index (κ2) is 5.57. The van der Waals surface area contributed by atoms with Crippen molar-refractivity contribution >= 4 is 55.9 Å². The molecule has 2 aromatic rings. The third kappa shape index (κ3) is 3.21. The quantitative estimate of drug-likeness (QED) is 0.669. The van der Waals surface area contributed by atoms with Crippen molar-refractivity contribution in [2.45, 2.75) is 4.90 Å². The first kappa shape index (κ1) is 15.0. The summed E-state index contributed by atoms with van der Waals surface area (Å²) in [6, 6.07) is 6.35. The standard InChI is InChI=1S/C10H6Cl2N2O4S2/c11-9-5-8(10(12)19-9)20(17,18)13-6-2-1-3-7(4-6)14(15)16/h1-5,13H. The Kier molecular flexibility index (Phi) is 4.19. The number of halogens is 2. The smallest absolute Gasteiger partial charge is 0.271 e. The van der Waals surface area contributed by atoms with E-state index in [2.05, 4.69) is 4.72 Å². The van der Waals surface area contributed by atoms with E-state index in [9.17, 15) is 18.5 Å². The number of anilines is 1. The van der Waals surface area contributed by atoms with Crippen LogP contribution in [0.4, 0.5) is 11.4 Å². The molecule has 1 aromatic heterocycles. The van der Waals surface area contributed by atoms with Crippen LogP contribution in [0.3, 0.4) is 0 Å². The maximum absolute atomic E-state index is 12.1. The molecule has 0 saturated carbocycles. The predicted molar refractivity (Wildman–Crippen MR) is 78.2 cm³/mol. The van der Waals surface area contributed by atoms with Gasteiger partial charge in [-0.05, 0) is 12.1 Å².